The van der Waals surface area contributed by atoms with E-state index in [0.29, 0.717) is 5.56 Å². The molecule has 1 aromatic heterocycles. The van der Waals surface area contributed by atoms with Crippen LogP contribution in [0.2, 0.25) is 0 Å². The van der Waals surface area contributed by atoms with Crippen LogP contribution in [0.1, 0.15) is 35.8 Å². The molecular formula is C20H24F2N4OS. The molecular weight excluding hydrogens is 382 g/mol. The number of guanidine groups is 1. The van der Waals surface area contributed by atoms with Crippen molar-refractivity contribution >= 4 is 28.2 Å². The van der Waals surface area contributed by atoms with Gasteiger partial charge in [0.1, 0.15) is 0 Å². The summed E-state index contributed by atoms with van der Waals surface area (Å²) in [5.41, 5.74) is -0.330. The van der Waals surface area contributed by atoms with Crippen molar-refractivity contribution in [2.75, 3.05) is 26.0 Å². The van der Waals surface area contributed by atoms with Gasteiger partial charge < -0.3 is 10.2 Å². The van der Waals surface area contributed by atoms with Crippen LogP contribution in [0.25, 0.3) is 0 Å². The minimum absolute atomic E-state index is 0.0141. The summed E-state index contributed by atoms with van der Waals surface area (Å²) in [5, 5.41) is 12.4. The van der Waals surface area contributed by atoms with Crippen LogP contribution in [0.3, 0.4) is 0 Å². The van der Waals surface area contributed by atoms with Crippen molar-refractivity contribution in [2.24, 2.45) is 0 Å². The van der Waals surface area contributed by atoms with Gasteiger partial charge in [0.05, 0.1) is 16.5 Å². The van der Waals surface area contributed by atoms with Gasteiger partial charge >= 0.3 is 0 Å². The first kappa shape index (κ1) is 20.3. The Labute approximate surface area is 167 Å². The van der Waals surface area contributed by atoms with Gasteiger partial charge in [-0.1, -0.05) is 24.3 Å². The van der Waals surface area contributed by atoms with Gasteiger partial charge in [0.2, 0.25) is 5.91 Å². The molecule has 2 atom stereocenters. The number of carbonyl (C=O) groups is 1. The van der Waals surface area contributed by atoms with Crippen LogP contribution < -0.4 is 10.2 Å². The van der Waals surface area contributed by atoms with Crippen LogP contribution in [0.15, 0.2) is 36.4 Å². The van der Waals surface area contributed by atoms with Gasteiger partial charge in [-0.15, -0.1) is 11.3 Å². The zero-order valence-corrected chi connectivity index (χ0v) is 17.3. The molecule has 0 spiro atoms. The molecule has 0 unspecified atom stereocenters. The molecule has 150 valence electrons. The second kappa shape index (κ2) is 6.84. The second-order valence-electron chi connectivity index (χ2n) is 7.55. The summed E-state index contributed by atoms with van der Waals surface area (Å²) in [6.07, 6.45) is 0. The topological polar surface area (TPSA) is 59.4 Å². The number of benzene rings is 1. The van der Waals surface area contributed by atoms with Crippen molar-refractivity contribution in [1.29, 1.82) is 5.41 Å². The highest BCUT2D eigenvalue weighted by Crippen LogP contribution is 2.44. The van der Waals surface area contributed by atoms with E-state index in [1.54, 1.807) is 19.2 Å². The number of nitrogens with zero attached hydrogens (tertiary/aromatic N) is 2. The Kier molecular flexibility index (Phi) is 4.95. The summed E-state index contributed by atoms with van der Waals surface area (Å²) < 4.78 is 27.2. The summed E-state index contributed by atoms with van der Waals surface area (Å²) in [4.78, 5) is 17.3. The van der Waals surface area contributed by atoms with Crippen molar-refractivity contribution in [1.82, 2.24) is 10.2 Å². The molecule has 28 heavy (non-hydrogen) atoms. The minimum atomic E-state index is -2.94. The molecule has 0 aliphatic carbocycles. The fourth-order valence-corrected chi connectivity index (χ4v) is 4.51. The molecule has 1 aliphatic heterocycles. The van der Waals surface area contributed by atoms with Gasteiger partial charge in [-0.25, -0.2) is 8.78 Å². The minimum Gasteiger partial charge on any atom is -0.370 e. The Morgan fingerprint density at radius 2 is 1.82 bits per heavy atom. The van der Waals surface area contributed by atoms with Crippen molar-refractivity contribution < 1.29 is 13.6 Å². The maximum atomic E-state index is 13.6. The predicted octanol–water partition coefficient (Wildman–Crippen LogP) is 3.92. The molecule has 1 aromatic carbocycles. The number of amides is 1. The Bertz CT molecular complexity index is 904. The lowest BCUT2D eigenvalue weighted by atomic mass is 9.76. The van der Waals surface area contributed by atoms with E-state index < -0.39 is 17.4 Å². The molecule has 2 heterocycles. The number of anilines is 1. The Balaban J connectivity index is 2.10. The molecule has 1 saturated heterocycles. The molecule has 8 heteroatoms. The first-order valence-electron chi connectivity index (χ1n) is 8.85. The van der Waals surface area contributed by atoms with Gasteiger partial charge in [0.15, 0.2) is 5.96 Å². The monoisotopic (exact) mass is 406 g/mol. The van der Waals surface area contributed by atoms with Crippen LogP contribution in [0.5, 0.6) is 0 Å². The van der Waals surface area contributed by atoms with Crippen LogP contribution in [-0.2, 0) is 16.3 Å². The zero-order chi connectivity index (χ0) is 20.9. The molecule has 0 radical (unpaired) electrons. The van der Waals surface area contributed by atoms with E-state index in [4.69, 9.17) is 5.41 Å². The molecule has 5 nitrogen and oxygen atoms in total. The zero-order valence-electron chi connectivity index (χ0n) is 16.5. The number of hydrogen-bond donors (Lipinski definition) is 2. The molecule has 1 amide bonds. The van der Waals surface area contributed by atoms with Crippen molar-refractivity contribution in [3.05, 3.63) is 52.4 Å². The Morgan fingerprint density at radius 3 is 2.32 bits per heavy atom. The number of hydrogen-bond acceptors (Lipinski definition) is 4. The fraction of sp³-hybridized carbons (Fsp3) is 0.400. The first-order chi connectivity index (χ1) is 12.9. The lowest BCUT2D eigenvalue weighted by Crippen LogP contribution is -2.62. The van der Waals surface area contributed by atoms with Gasteiger partial charge in [0, 0.05) is 38.5 Å². The SMILES string of the molecule is CN1C(=N)N[C@](C)(c2ccc(N(C)C)s2)[C@@H](c2ccc(C(C)(F)F)cc2)C1=O. The number of halogens is 2. The molecule has 2 N–H and O–H groups in total. The maximum absolute atomic E-state index is 13.6. The molecule has 0 saturated carbocycles. The summed E-state index contributed by atoms with van der Waals surface area (Å²) in [5.74, 6) is -3.83. The Morgan fingerprint density at radius 1 is 1.21 bits per heavy atom. The van der Waals surface area contributed by atoms with E-state index in [2.05, 4.69) is 5.32 Å². The maximum Gasteiger partial charge on any atom is 0.270 e. The van der Waals surface area contributed by atoms with Crippen molar-refractivity contribution in [3.63, 3.8) is 0 Å². The number of thiophene rings is 1. The highest BCUT2D eigenvalue weighted by molar-refractivity contribution is 7.16. The number of rotatable bonds is 4. The average Bonchev–Trinajstić information content (AvgIpc) is 3.11. The molecule has 0 bridgehead atoms. The summed E-state index contributed by atoms with van der Waals surface area (Å²) in [7, 11) is 5.42. The lowest BCUT2D eigenvalue weighted by Gasteiger charge is -2.45. The van der Waals surface area contributed by atoms with Crippen molar-refractivity contribution in [2.45, 2.75) is 31.2 Å². The lowest BCUT2D eigenvalue weighted by molar-refractivity contribution is -0.131. The van der Waals surface area contributed by atoms with Crippen LogP contribution >= 0.6 is 11.3 Å². The highest BCUT2D eigenvalue weighted by atomic mass is 32.1. The molecule has 1 fully saturated rings. The van der Waals surface area contributed by atoms with E-state index in [1.807, 2.05) is 38.1 Å². The van der Waals surface area contributed by atoms with E-state index in [0.717, 1.165) is 16.8 Å². The smallest absolute Gasteiger partial charge is 0.270 e. The number of carbonyl (C=O) groups excluding carboxylic acids is 1. The number of nitrogens with one attached hydrogen (secondary N) is 2. The van der Waals surface area contributed by atoms with E-state index in [9.17, 15) is 13.6 Å². The standard InChI is InChI=1S/C20H24F2N4OS/c1-19(14-10-11-15(28-14)25(3)4)16(17(27)26(5)18(23)24-19)12-6-8-13(9-7-12)20(2,21)22/h6-11,16H,1-5H3,(H2,23,24)/t16-,19+/m0/s1. The average molecular weight is 407 g/mol. The summed E-state index contributed by atoms with van der Waals surface area (Å²) in [6, 6.07) is 9.81. The third-order valence-corrected chi connectivity index (χ3v) is 6.65. The van der Waals surface area contributed by atoms with Gasteiger partial charge in [-0.05, 0) is 24.6 Å². The van der Waals surface area contributed by atoms with Gasteiger partial charge in [-0.3, -0.25) is 15.1 Å². The normalized spacial score (nSPS) is 23.0. The summed E-state index contributed by atoms with van der Waals surface area (Å²) in [6.45, 7) is 2.73. The van der Waals surface area contributed by atoms with E-state index >= 15 is 0 Å². The molecule has 3 rings (SSSR count). The quantitative estimate of drug-likeness (QED) is 0.809. The Hall–Kier alpha value is -2.48. The van der Waals surface area contributed by atoms with Crippen LogP contribution in [0.4, 0.5) is 13.8 Å². The third kappa shape index (κ3) is 3.37. The number of alkyl halides is 2. The van der Waals surface area contributed by atoms with Crippen molar-refractivity contribution in [3.8, 4) is 0 Å². The third-order valence-electron chi connectivity index (χ3n) is 5.16. The summed E-state index contributed by atoms with van der Waals surface area (Å²) >= 11 is 1.53. The van der Waals surface area contributed by atoms with Crippen LogP contribution in [-0.4, -0.2) is 37.9 Å². The van der Waals surface area contributed by atoms with E-state index in [-0.39, 0.29) is 17.4 Å². The fourth-order valence-electron chi connectivity index (χ4n) is 3.45. The largest absolute Gasteiger partial charge is 0.370 e. The second-order valence-corrected chi connectivity index (χ2v) is 8.61. The predicted molar refractivity (Wildman–Crippen MR) is 108 cm³/mol. The van der Waals surface area contributed by atoms with Crippen LogP contribution in [0, 0.1) is 5.41 Å². The highest BCUT2D eigenvalue weighted by Gasteiger charge is 2.49. The molecule has 1 aliphatic rings. The van der Waals surface area contributed by atoms with Gasteiger partial charge in [0.25, 0.3) is 5.92 Å². The van der Waals surface area contributed by atoms with Gasteiger partial charge in [-0.2, -0.15) is 0 Å². The first-order valence-corrected chi connectivity index (χ1v) is 9.67. The number of likely N-dealkylation sites (N-methyl/N-ethyl adjacent to an activating group) is 1. The van der Waals surface area contributed by atoms with E-state index in [1.165, 1.54) is 28.4 Å². The molecule has 2 aromatic rings.